The normalized spacial score (nSPS) is 15.5. The van der Waals surface area contributed by atoms with E-state index in [0.29, 0.717) is 29.7 Å². The summed E-state index contributed by atoms with van der Waals surface area (Å²) in [5, 5.41) is 11.1. The van der Waals surface area contributed by atoms with E-state index in [1.807, 2.05) is 31.2 Å². The second-order valence-electron chi connectivity index (χ2n) is 8.01. The zero-order valence-electron chi connectivity index (χ0n) is 18.0. The maximum Gasteiger partial charge on any atom is 0.340 e. The molecule has 3 aromatic rings. The SMILES string of the molecule is CCOC(=O)c1c(CN2CCN(C)CC2)n(Cc2ccccc2)c2cc(Br)c(O)cc12. The molecule has 2 aromatic carbocycles. The number of phenolic OH excluding ortho intramolecular Hbond substituents is 1. The molecule has 0 saturated carbocycles. The van der Waals surface area contributed by atoms with Crippen molar-refractivity contribution in [2.45, 2.75) is 20.0 Å². The molecule has 164 valence electrons. The molecule has 0 spiro atoms. The highest BCUT2D eigenvalue weighted by molar-refractivity contribution is 9.10. The van der Waals surface area contributed by atoms with Crippen molar-refractivity contribution in [1.29, 1.82) is 0 Å². The van der Waals surface area contributed by atoms with Gasteiger partial charge in [-0.15, -0.1) is 0 Å². The number of esters is 1. The van der Waals surface area contributed by atoms with Crippen LogP contribution >= 0.6 is 15.9 Å². The van der Waals surface area contributed by atoms with Gasteiger partial charge in [0.15, 0.2) is 0 Å². The van der Waals surface area contributed by atoms with Crippen molar-refractivity contribution in [3.8, 4) is 5.75 Å². The molecule has 0 amide bonds. The van der Waals surface area contributed by atoms with Crippen LogP contribution in [0.1, 0.15) is 28.5 Å². The molecule has 1 saturated heterocycles. The number of carbonyl (C=O) groups is 1. The molecule has 0 unspecified atom stereocenters. The quantitative estimate of drug-likeness (QED) is 0.533. The Kier molecular flexibility index (Phi) is 6.65. The predicted octanol–water partition coefficient (Wildman–Crippen LogP) is 4.08. The van der Waals surface area contributed by atoms with Crippen molar-refractivity contribution in [3.05, 3.63) is 63.8 Å². The van der Waals surface area contributed by atoms with Crippen LogP contribution in [0.2, 0.25) is 0 Å². The average molecular weight is 486 g/mol. The molecule has 1 aromatic heterocycles. The standard InChI is InChI=1S/C24H28BrN3O3/c1-3-31-24(30)23-18-13-22(29)19(25)14-20(18)28(15-17-7-5-4-6-8-17)21(23)16-27-11-9-26(2)10-12-27/h4-8,13-14,29H,3,9-12,15-16H2,1-2H3. The smallest absolute Gasteiger partial charge is 0.340 e. The summed E-state index contributed by atoms with van der Waals surface area (Å²) >= 11 is 3.45. The molecule has 31 heavy (non-hydrogen) atoms. The zero-order chi connectivity index (χ0) is 22.0. The Balaban J connectivity index is 1.88. The molecule has 0 bridgehead atoms. The summed E-state index contributed by atoms with van der Waals surface area (Å²) in [6.45, 7) is 7.30. The first-order valence-electron chi connectivity index (χ1n) is 10.6. The van der Waals surface area contributed by atoms with Gasteiger partial charge in [-0.3, -0.25) is 4.90 Å². The number of nitrogens with zero attached hydrogens (tertiary/aromatic N) is 3. The number of hydrogen-bond acceptors (Lipinski definition) is 5. The average Bonchev–Trinajstić information content (AvgIpc) is 3.03. The molecule has 1 aliphatic heterocycles. The maximum absolute atomic E-state index is 13.1. The molecule has 2 heterocycles. The Morgan fingerprint density at radius 3 is 2.48 bits per heavy atom. The van der Waals surface area contributed by atoms with Crippen LogP contribution in [0.25, 0.3) is 10.9 Å². The van der Waals surface area contributed by atoms with Crippen LogP contribution in [0.3, 0.4) is 0 Å². The van der Waals surface area contributed by atoms with Gasteiger partial charge in [-0.2, -0.15) is 0 Å². The summed E-state index contributed by atoms with van der Waals surface area (Å²) < 4.78 is 8.24. The first-order chi connectivity index (χ1) is 15.0. The van der Waals surface area contributed by atoms with Gasteiger partial charge in [0.2, 0.25) is 0 Å². The van der Waals surface area contributed by atoms with E-state index in [4.69, 9.17) is 4.74 Å². The van der Waals surface area contributed by atoms with E-state index in [1.165, 1.54) is 0 Å². The third-order valence-electron chi connectivity index (χ3n) is 5.87. The fraction of sp³-hybridized carbons (Fsp3) is 0.375. The van der Waals surface area contributed by atoms with Gasteiger partial charge in [0.25, 0.3) is 0 Å². The summed E-state index contributed by atoms with van der Waals surface area (Å²) in [4.78, 5) is 17.8. The fourth-order valence-electron chi connectivity index (χ4n) is 4.17. The minimum absolute atomic E-state index is 0.112. The van der Waals surface area contributed by atoms with Gasteiger partial charge in [0.05, 0.1) is 22.2 Å². The van der Waals surface area contributed by atoms with Gasteiger partial charge >= 0.3 is 5.97 Å². The van der Waals surface area contributed by atoms with Crippen LogP contribution < -0.4 is 0 Å². The molecule has 1 fully saturated rings. The van der Waals surface area contributed by atoms with Crippen molar-refractivity contribution in [2.75, 3.05) is 39.8 Å². The highest BCUT2D eigenvalue weighted by Gasteiger charge is 2.27. The highest BCUT2D eigenvalue weighted by atomic mass is 79.9. The lowest BCUT2D eigenvalue weighted by molar-refractivity contribution is 0.0524. The lowest BCUT2D eigenvalue weighted by Crippen LogP contribution is -2.44. The first kappa shape index (κ1) is 21.9. The summed E-state index contributed by atoms with van der Waals surface area (Å²) in [6.07, 6.45) is 0. The van der Waals surface area contributed by atoms with E-state index >= 15 is 0 Å². The highest BCUT2D eigenvalue weighted by Crippen LogP contribution is 2.36. The van der Waals surface area contributed by atoms with Gasteiger partial charge in [0, 0.05) is 50.3 Å². The summed E-state index contributed by atoms with van der Waals surface area (Å²) in [5.74, 6) is -0.230. The Bertz CT molecular complexity index is 1070. The molecule has 0 aliphatic carbocycles. The molecule has 4 rings (SSSR count). The third-order valence-corrected chi connectivity index (χ3v) is 6.51. The number of likely N-dealkylation sites (N-methyl/N-ethyl adjacent to an activating group) is 1. The molecule has 1 N–H and O–H groups in total. The van der Waals surface area contributed by atoms with Crippen molar-refractivity contribution in [1.82, 2.24) is 14.4 Å². The summed E-state index contributed by atoms with van der Waals surface area (Å²) in [5.41, 5.74) is 3.54. The lowest BCUT2D eigenvalue weighted by atomic mass is 10.1. The summed E-state index contributed by atoms with van der Waals surface area (Å²) in [7, 11) is 2.13. The molecule has 7 heteroatoms. The van der Waals surface area contributed by atoms with Crippen LogP contribution in [0.15, 0.2) is 46.9 Å². The third kappa shape index (κ3) is 4.63. The number of halogens is 1. The largest absolute Gasteiger partial charge is 0.507 e. The Labute approximate surface area is 191 Å². The zero-order valence-corrected chi connectivity index (χ0v) is 19.6. The molecule has 0 atom stereocenters. The number of hydrogen-bond donors (Lipinski definition) is 1. The number of aromatic nitrogens is 1. The van der Waals surface area contributed by atoms with E-state index in [1.54, 1.807) is 6.07 Å². The van der Waals surface area contributed by atoms with E-state index in [9.17, 15) is 9.90 Å². The topological polar surface area (TPSA) is 57.9 Å². The van der Waals surface area contributed by atoms with Crippen LogP contribution in [0, 0.1) is 0 Å². The second-order valence-corrected chi connectivity index (χ2v) is 8.87. The van der Waals surface area contributed by atoms with Gasteiger partial charge in [0.1, 0.15) is 5.75 Å². The number of phenols is 1. The van der Waals surface area contributed by atoms with E-state index in [-0.39, 0.29) is 11.7 Å². The van der Waals surface area contributed by atoms with Crippen molar-refractivity contribution >= 4 is 32.8 Å². The lowest BCUT2D eigenvalue weighted by Gasteiger charge is -2.32. The van der Waals surface area contributed by atoms with E-state index < -0.39 is 0 Å². The van der Waals surface area contributed by atoms with E-state index in [2.05, 4.69) is 49.5 Å². The molecule has 1 aliphatic rings. The van der Waals surface area contributed by atoms with Gasteiger partial charge < -0.3 is 19.3 Å². The Morgan fingerprint density at radius 2 is 1.81 bits per heavy atom. The monoisotopic (exact) mass is 485 g/mol. The summed E-state index contributed by atoms with van der Waals surface area (Å²) in [6, 6.07) is 13.8. The van der Waals surface area contributed by atoms with Gasteiger partial charge in [-0.05, 0) is 47.6 Å². The number of fused-ring (bicyclic) bond motifs is 1. The van der Waals surface area contributed by atoms with Crippen LogP contribution in [0.5, 0.6) is 5.75 Å². The number of aromatic hydroxyl groups is 1. The van der Waals surface area contributed by atoms with Crippen LogP contribution in [-0.4, -0.2) is 65.3 Å². The predicted molar refractivity (Wildman–Crippen MR) is 126 cm³/mol. The fourth-order valence-corrected chi connectivity index (χ4v) is 4.50. The molecule has 6 nitrogen and oxygen atoms in total. The number of benzene rings is 2. The number of piperazine rings is 1. The molecule has 0 radical (unpaired) electrons. The molecular formula is C24H28BrN3O3. The van der Waals surface area contributed by atoms with E-state index in [0.717, 1.165) is 48.3 Å². The van der Waals surface area contributed by atoms with Crippen molar-refractivity contribution < 1.29 is 14.6 Å². The second kappa shape index (κ2) is 9.42. The Morgan fingerprint density at radius 1 is 1.10 bits per heavy atom. The first-order valence-corrected chi connectivity index (χ1v) is 11.4. The van der Waals surface area contributed by atoms with Crippen LogP contribution in [-0.2, 0) is 17.8 Å². The van der Waals surface area contributed by atoms with Gasteiger partial charge in [-0.1, -0.05) is 30.3 Å². The minimum Gasteiger partial charge on any atom is -0.507 e. The van der Waals surface area contributed by atoms with Crippen molar-refractivity contribution in [2.24, 2.45) is 0 Å². The minimum atomic E-state index is -0.342. The number of carbonyl (C=O) groups excluding carboxylic acids is 1. The van der Waals surface area contributed by atoms with Crippen molar-refractivity contribution in [3.63, 3.8) is 0 Å². The van der Waals surface area contributed by atoms with Crippen LogP contribution in [0.4, 0.5) is 0 Å². The number of ether oxygens (including phenoxy) is 1. The maximum atomic E-state index is 13.1. The number of rotatable bonds is 6. The Hall–Kier alpha value is -2.35. The molecular weight excluding hydrogens is 458 g/mol. The van der Waals surface area contributed by atoms with Gasteiger partial charge in [-0.25, -0.2) is 4.79 Å².